The van der Waals surface area contributed by atoms with Gasteiger partial charge in [-0.3, -0.25) is 4.79 Å². The summed E-state index contributed by atoms with van der Waals surface area (Å²) in [6.07, 6.45) is 0. The molecule has 0 aliphatic carbocycles. The van der Waals surface area contributed by atoms with E-state index in [1.807, 2.05) is 0 Å². The van der Waals surface area contributed by atoms with E-state index in [1.54, 1.807) is 55.5 Å². The normalized spacial score (nSPS) is 10.7. The van der Waals surface area contributed by atoms with E-state index in [4.69, 9.17) is 4.74 Å². The molecule has 1 aromatic heterocycles. The molecule has 0 spiro atoms. The van der Waals surface area contributed by atoms with Crippen molar-refractivity contribution in [1.29, 1.82) is 0 Å². The third-order valence-corrected chi connectivity index (χ3v) is 3.79. The third-order valence-electron chi connectivity index (χ3n) is 3.79. The first-order chi connectivity index (χ1) is 11.1. The van der Waals surface area contributed by atoms with Crippen LogP contribution in [0.2, 0.25) is 0 Å². The highest BCUT2D eigenvalue weighted by atomic mass is 19.1. The van der Waals surface area contributed by atoms with Crippen LogP contribution >= 0.6 is 0 Å². The van der Waals surface area contributed by atoms with Crippen molar-refractivity contribution in [3.8, 4) is 11.4 Å². The zero-order valence-corrected chi connectivity index (χ0v) is 13.0. The molecule has 23 heavy (non-hydrogen) atoms. The summed E-state index contributed by atoms with van der Waals surface area (Å²) in [5.74, 6) is -0.206. The van der Waals surface area contributed by atoms with Gasteiger partial charge >= 0.3 is 0 Å². The summed E-state index contributed by atoms with van der Waals surface area (Å²) < 4.78 is 21.5. The second kappa shape index (κ2) is 5.72. The molecule has 116 valence electrons. The molecule has 0 radical (unpaired) electrons. The maximum Gasteiger partial charge on any atom is 0.265 e. The van der Waals surface area contributed by atoms with Crippen LogP contribution in [-0.2, 0) is 0 Å². The number of ether oxygens (including phenoxy) is 1. The standard InChI is InChI=1S/C19H16FNO2/c1-12(2)17-13-8-4-5-9-14(13)19(22)21(18(17)20)15-10-6-7-11-16(15)23-3/h4-11H,1H2,2-3H3. The molecule has 0 bridgehead atoms. The Morgan fingerprint density at radius 2 is 1.70 bits per heavy atom. The number of hydrogen-bond acceptors (Lipinski definition) is 2. The SMILES string of the molecule is C=C(C)c1c(F)n(-c2ccccc2OC)c(=O)c2ccccc12. The molecule has 4 heteroatoms. The number of hydrogen-bond donors (Lipinski definition) is 0. The molecule has 2 aromatic carbocycles. The Kier molecular flexibility index (Phi) is 3.74. The number of benzene rings is 2. The molecule has 3 aromatic rings. The van der Waals surface area contributed by atoms with Crippen molar-refractivity contribution in [2.45, 2.75) is 6.92 Å². The lowest BCUT2D eigenvalue weighted by molar-refractivity contribution is 0.409. The number of para-hydroxylation sites is 2. The quantitative estimate of drug-likeness (QED) is 0.680. The summed E-state index contributed by atoms with van der Waals surface area (Å²) in [4.78, 5) is 12.8. The minimum Gasteiger partial charge on any atom is -0.495 e. The lowest BCUT2D eigenvalue weighted by Gasteiger charge is -2.16. The van der Waals surface area contributed by atoms with Gasteiger partial charge in [0.05, 0.1) is 12.8 Å². The molecule has 3 nitrogen and oxygen atoms in total. The van der Waals surface area contributed by atoms with E-state index in [2.05, 4.69) is 6.58 Å². The van der Waals surface area contributed by atoms with Crippen LogP contribution in [0, 0.1) is 5.95 Å². The van der Waals surface area contributed by atoms with Crippen molar-refractivity contribution >= 4 is 16.3 Å². The molecular weight excluding hydrogens is 293 g/mol. The Bertz CT molecular complexity index is 973. The van der Waals surface area contributed by atoms with Gasteiger partial charge < -0.3 is 4.74 Å². The predicted molar refractivity (Wildman–Crippen MR) is 90.8 cm³/mol. The van der Waals surface area contributed by atoms with E-state index >= 15 is 4.39 Å². The number of fused-ring (bicyclic) bond motifs is 1. The molecule has 0 amide bonds. The van der Waals surface area contributed by atoms with Crippen molar-refractivity contribution in [3.05, 3.63) is 77.0 Å². The van der Waals surface area contributed by atoms with E-state index in [0.29, 0.717) is 33.3 Å². The molecule has 0 aliphatic heterocycles. The van der Waals surface area contributed by atoms with Gasteiger partial charge in [0.1, 0.15) is 5.75 Å². The fraction of sp³-hybridized carbons (Fsp3) is 0.105. The van der Waals surface area contributed by atoms with Gasteiger partial charge in [0.15, 0.2) is 0 Å². The van der Waals surface area contributed by atoms with E-state index in [9.17, 15) is 4.79 Å². The molecule has 0 unspecified atom stereocenters. The van der Waals surface area contributed by atoms with E-state index in [1.165, 1.54) is 7.11 Å². The van der Waals surface area contributed by atoms with Crippen molar-refractivity contribution in [3.63, 3.8) is 0 Å². The lowest BCUT2D eigenvalue weighted by atomic mass is 10.0. The van der Waals surface area contributed by atoms with Gasteiger partial charge in [0.25, 0.3) is 5.56 Å². The molecule has 3 rings (SSSR count). The minimum atomic E-state index is -0.634. The average molecular weight is 309 g/mol. The monoisotopic (exact) mass is 309 g/mol. The summed E-state index contributed by atoms with van der Waals surface area (Å²) in [7, 11) is 1.49. The summed E-state index contributed by atoms with van der Waals surface area (Å²) in [5, 5.41) is 1.01. The number of aromatic nitrogens is 1. The first-order valence-electron chi connectivity index (χ1n) is 7.18. The molecule has 0 fully saturated rings. The summed E-state index contributed by atoms with van der Waals surface area (Å²) >= 11 is 0. The zero-order valence-electron chi connectivity index (χ0n) is 13.0. The van der Waals surface area contributed by atoms with Crippen molar-refractivity contribution in [2.24, 2.45) is 0 Å². The summed E-state index contributed by atoms with van der Waals surface area (Å²) in [6.45, 7) is 5.58. The maximum atomic E-state index is 15.2. The number of halogens is 1. The Hall–Kier alpha value is -2.88. The van der Waals surface area contributed by atoms with Gasteiger partial charge in [-0.25, -0.2) is 4.57 Å². The third kappa shape index (κ3) is 2.32. The first-order valence-corrected chi connectivity index (χ1v) is 7.18. The Morgan fingerprint density at radius 3 is 2.35 bits per heavy atom. The molecule has 0 N–H and O–H groups in total. The van der Waals surface area contributed by atoms with Gasteiger partial charge in [0.2, 0.25) is 5.95 Å². The van der Waals surface area contributed by atoms with Crippen LogP contribution in [0.4, 0.5) is 4.39 Å². The molecule has 0 aliphatic rings. The highest BCUT2D eigenvalue weighted by Gasteiger charge is 2.19. The van der Waals surface area contributed by atoms with Crippen LogP contribution in [0.25, 0.3) is 22.0 Å². The van der Waals surface area contributed by atoms with Crippen molar-refractivity contribution < 1.29 is 9.13 Å². The Morgan fingerprint density at radius 1 is 1.09 bits per heavy atom. The minimum absolute atomic E-state index is 0.339. The van der Waals surface area contributed by atoms with Gasteiger partial charge in [0, 0.05) is 10.9 Å². The van der Waals surface area contributed by atoms with Crippen LogP contribution in [0.5, 0.6) is 5.75 Å². The smallest absolute Gasteiger partial charge is 0.265 e. The molecule has 0 atom stereocenters. The number of nitrogens with zero attached hydrogens (tertiary/aromatic N) is 1. The highest BCUT2D eigenvalue weighted by molar-refractivity contribution is 5.92. The van der Waals surface area contributed by atoms with Gasteiger partial charge in [-0.2, -0.15) is 4.39 Å². The average Bonchev–Trinajstić information content (AvgIpc) is 2.55. The first kappa shape index (κ1) is 15.0. The van der Waals surface area contributed by atoms with Crippen LogP contribution in [0.15, 0.2) is 59.9 Å². The molecule has 1 heterocycles. The van der Waals surface area contributed by atoms with E-state index < -0.39 is 11.5 Å². The number of rotatable bonds is 3. The summed E-state index contributed by atoms with van der Waals surface area (Å²) in [5.41, 5.74) is 0.840. The lowest BCUT2D eigenvalue weighted by Crippen LogP contribution is -2.23. The zero-order chi connectivity index (χ0) is 16.6. The maximum absolute atomic E-state index is 15.2. The Balaban J connectivity index is 2.52. The van der Waals surface area contributed by atoms with Crippen LogP contribution in [0.3, 0.4) is 0 Å². The second-order valence-corrected chi connectivity index (χ2v) is 5.30. The predicted octanol–water partition coefficient (Wildman–Crippen LogP) is 4.17. The molecule has 0 saturated heterocycles. The van der Waals surface area contributed by atoms with Crippen LogP contribution in [0.1, 0.15) is 12.5 Å². The highest BCUT2D eigenvalue weighted by Crippen LogP contribution is 2.29. The number of methoxy groups -OCH3 is 1. The topological polar surface area (TPSA) is 31.2 Å². The number of pyridine rings is 1. The van der Waals surface area contributed by atoms with Gasteiger partial charge in [-0.15, -0.1) is 0 Å². The van der Waals surface area contributed by atoms with Crippen molar-refractivity contribution in [2.75, 3.05) is 7.11 Å². The van der Waals surface area contributed by atoms with Crippen molar-refractivity contribution in [1.82, 2.24) is 4.57 Å². The fourth-order valence-electron chi connectivity index (χ4n) is 2.76. The number of allylic oxidation sites excluding steroid dienone is 1. The largest absolute Gasteiger partial charge is 0.495 e. The second-order valence-electron chi connectivity index (χ2n) is 5.30. The fourth-order valence-corrected chi connectivity index (χ4v) is 2.76. The van der Waals surface area contributed by atoms with Gasteiger partial charge in [-0.05, 0) is 36.1 Å². The van der Waals surface area contributed by atoms with Gasteiger partial charge in [-0.1, -0.05) is 36.9 Å². The molecular formula is C19H16FNO2. The molecule has 0 saturated carbocycles. The van der Waals surface area contributed by atoms with E-state index in [-0.39, 0.29) is 0 Å². The van der Waals surface area contributed by atoms with E-state index in [0.717, 1.165) is 4.57 Å². The summed E-state index contributed by atoms with van der Waals surface area (Å²) in [6, 6.07) is 13.8. The van der Waals surface area contributed by atoms with Crippen LogP contribution < -0.4 is 10.3 Å². The van der Waals surface area contributed by atoms with Crippen LogP contribution in [-0.4, -0.2) is 11.7 Å². The Labute approximate surface area is 133 Å².